The zero-order valence-corrected chi connectivity index (χ0v) is 15.9. The van der Waals surface area contributed by atoms with Crippen molar-refractivity contribution in [2.45, 2.75) is 0 Å². The van der Waals surface area contributed by atoms with Crippen LogP contribution in [0.25, 0.3) is 0 Å². The van der Waals surface area contributed by atoms with E-state index in [4.69, 9.17) is 23.7 Å². The van der Waals surface area contributed by atoms with Gasteiger partial charge in [0.2, 0.25) is 5.75 Å². The molecule has 0 fully saturated rings. The summed E-state index contributed by atoms with van der Waals surface area (Å²) in [4.78, 5) is 12.4. The van der Waals surface area contributed by atoms with Crippen molar-refractivity contribution in [3.05, 3.63) is 41.5 Å². The van der Waals surface area contributed by atoms with Crippen molar-refractivity contribution in [3.8, 4) is 28.7 Å². The third-order valence-corrected chi connectivity index (χ3v) is 3.73. The molecule has 2 aromatic carbocycles. The molecule has 0 saturated carbocycles. The Morgan fingerprint density at radius 2 is 1.44 bits per heavy atom. The van der Waals surface area contributed by atoms with Crippen LogP contribution in [0.3, 0.4) is 0 Å². The van der Waals surface area contributed by atoms with Crippen LogP contribution in [0.4, 0.5) is 0 Å². The van der Waals surface area contributed by atoms with Gasteiger partial charge >= 0.3 is 0 Å². The smallest absolute Gasteiger partial charge is 0.271 e. The standard InChI is InChI=1S/C19H22N2O6/c1-23-14-8-6-7-12(17(14)26-4)11-20-21-19(22)13-9-15(24-2)18(27-5)16(10-13)25-3/h6-11H,1-5H3,(H,21,22)/b20-11-. The van der Waals surface area contributed by atoms with Gasteiger partial charge in [0.1, 0.15) is 0 Å². The fourth-order valence-corrected chi connectivity index (χ4v) is 2.45. The molecule has 8 nitrogen and oxygen atoms in total. The van der Waals surface area contributed by atoms with Crippen LogP contribution in [-0.4, -0.2) is 47.7 Å². The number of hydrazone groups is 1. The molecule has 1 N–H and O–H groups in total. The molecule has 0 unspecified atom stereocenters. The Balaban J connectivity index is 2.22. The number of methoxy groups -OCH3 is 5. The summed E-state index contributed by atoms with van der Waals surface area (Å²) in [5.41, 5.74) is 3.42. The number of hydrogen-bond donors (Lipinski definition) is 1. The van der Waals surface area contributed by atoms with Gasteiger partial charge in [-0.2, -0.15) is 5.10 Å². The summed E-state index contributed by atoms with van der Waals surface area (Å²) in [6, 6.07) is 8.43. The monoisotopic (exact) mass is 374 g/mol. The van der Waals surface area contributed by atoms with Gasteiger partial charge in [0, 0.05) is 11.1 Å². The van der Waals surface area contributed by atoms with E-state index in [9.17, 15) is 4.79 Å². The molecule has 0 atom stereocenters. The second kappa shape index (κ2) is 9.33. The minimum Gasteiger partial charge on any atom is -0.493 e. The Morgan fingerprint density at radius 3 is 1.96 bits per heavy atom. The third kappa shape index (κ3) is 4.41. The van der Waals surface area contributed by atoms with E-state index in [2.05, 4.69) is 10.5 Å². The molecule has 0 aliphatic heterocycles. The molecule has 144 valence electrons. The third-order valence-electron chi connectivity index (χ3n) is 3.73. The second-order valence-electron chi connectivity index (χ2n) is 5.20. The largest absolute Gasteiger partial charge is 0.493 e. The Morgan fingerprint density at radius 1 is 0.852 bits per heavy atom. The lowest BCUT2D eigenvalue weighted by Crippen LogP contribution is -2.18. The number of benzene rings is 2. The molecule has 0 aliphatic carbocycles. The number of para-hydroxylation sites is 1. The first kappa shape index (κ1) is 19.9. The minimum absolute atomic E-state index is 0.305. The molecule has 2 aromatic rings. The number of carbonyl (C=O) groups excluding carboxylic acids is 1. The number of ether oxygens (including phenoxy) is 5. The van der Waals surface area contributed by atoms with Gasteiger partial charge in [-0.3, -0.25) is 4.79 Å². The molecular formula is C19H22N2O6. The highest BCUT2D eigenvalue weighted by molar-refractivity contribution is 5.96. The lowest BCUT2D eigenvalue weighted by Gasteiger charge is -2.13. The molecule has 0 aromatic heterocycles. The lowest BCUT2D eigenvalue weighted by molar-refractivity contribution is 0.0954. The van der Waals surface area contributed by atoms with E-state index < -0.39 is 5.91 Å². The normalized spacial score (nSPS) is 10.4. The van der Waals surface area contributed by atoms with Crippen LogP contribution < -0.4 is 29.1 Å². The Labute approximate surface area is 157 Å². The number of rotatable bonds is 8. The van der Waals surface area contributed by atoms with Crippen molar-refractivity contribution < 1.29 is 28.5 Å². The number of nitrogens with one attached hydrogen (secondary N) is 1. The van der Waals surface area contributed by atoms with Gasteiger partial charge < -0.3 is 23.7 Å². The number of amides is 1. The molecule has 0 radical (unpaired) electrons. The molecule has 0 saturated heterocycles. The van der Waals surface area contributed by atoms with Crippen molar-refractivity contribution in [1.82, 2.24) is 5.43 Å². The highest BCUT2D eigenvalue weighted by atomic mass is 16.5. The van der Waals surface area contributed by atoms with Crippen molar-refractivity contribution >= 4 is 12.1 Å². The summed E-state index contributed by atoms with van der Waals surface area (Å²) >= 11 is 0. The molecule has 2 rings (SSSR count). The fraction of sp³-hybridized carbons (Fsp3) is 0.263. The molecular weight excluding hydrogens is 352 g/mol. The van der Waals surface area contributed by atoms with Gasteiger partial charge in [-0.1, -0.05) is 6.07 Å². The Hall–Kier alpha value is -3.42. The van der Waals surface area contributed by atoms with E-state index >= 15 is 0 Å². The number of hydrogen-bond acceptors (Lipinski definition) is 7. The lowest BCUT2D eigenvalue weighted by atomic mass is 10.1. The average Bonchev–Trinajstić information content (AvgIpc) is 2.71. The zero-order valence-electron chi connectivity index (χ0n) is 15.9. The van der Waals surface area contributed by atoms with Crippen LogP contribution in [-0.2, 0) is 0 Å². The van der Waals surface area contributed by atoms with Crippen molar-refractivity contribution in [3.63, 3.8) is 0 Å². The van der Waals surface area contributed by atoms with Gasteiger partial charge in [0.15, 0.2) is 23.0 Å². The highest BCUT2D eigenvalue weighted by Gasteiger charge is 2.16. The minimum atomic E-state index is -0.438. The first-order valence-corrected chi connectivity index (χ1v) is 7.94. The molecule has 0 heterocycles. The van der Waals surface area contributed by atoms with Crippen LogP contribution in [0.5, 0.6) is 28.7 Å². The predicted molar refractivity (Wildman–Crippen MR) is 101 cm³/mol. The van der Waals surface area contributed by atoms with Crippen molar-refractivity contribution in [1.29, 1.82) is 0 Å². The molecule has 27 heavy (non-hydrogen) atoms. The maximum absolute atomic E-state index is 12.4. The summed E-state index contributed by atoms with van der Waals surface area (Å²) in [6.07, 6.45) is 1.47. The van der Waals surface area contributed by atoms with E-state index in [-0.39, 0.29) is 0 Å². The van der Waals surface area contributed by atoms with Crippen LogP contribution in [0, 0.1) is 0 Å². The maximum atomic E-state index is 12.4. The van der Waals surface area contributed by atoms with Crippen LogP contribution in [0.1, 0.15) is 15.9 Å². The Bertz CT molecular complexity index is 810. The molecule has 0 bridgehead atoms. The second-order valence-corrected chi connectivity index (χ2v) is 5.20. The Kier molecular flexibility index (Phi) is 6.87. The van der Waals surface area contributed by atoms with Gasteiger partial charge in [-0.15, -0.1) is 0 Å². The summed E-state index contributed by atoms with van der Waals surface area (Å²) in [5, 5.41) is 3.98. The SMILES string of the molecule is COc1cccc(/C=N\NC(=O)c2cc(OC)c(OC)c(OC)c2)c1OC. The molecule has 0 spiro atoms. The van der Waals surface area contributed by atoms with E-state index in [1.54, 1.807) is 37.4 Å². The summed E-state index contributed by atoms with van der Waals surface area (Å²) in [6.45, 7) is 0. The fourth-order valence-electron chi connectivity index (χ4n) is 2.45. The molecule has 1 amide bonds. The number of nitrogens with zero attached hydrogens (tertiary/aromatic N) is 1. The van der Waals surface area contributed by atoms with Gasteiger partial charge in [0.05, 0.1) is 41.8 Å². The van der Waals surface area contributed by atoms with Crippen LogP contribution in [0.15, 0.2) is 35.4 Å². The van der Waals surface area contributed by atoms with Gasteiger partial charge in [-0.25, -0.2) is 5.43 Å². The summed E-state index contributed by atoms with van der Waals surface area (Å²) in [7, 11) is 7.53. The van der Waals surface area contributed by atoms with E-state index in [1.165, 1.54) is 34.7 Å². The zero-order chi connectivity index (χ0) is 19.8. The highest BCUT2D eigenvalue weighted by Crippen LogP contribution is 2.38. The maximum Gasteiger partial charge on any atom is 0.271 e. The number of carbonyl (C=O) groups is 1. The molecule has 8 heteroatoms. The first-order chi connectivity index (χ1) is 13.1. The summed E-state index contributed by atoms with van der Waals surface area (Å²) in [5.74, 6) is 1.80. The predicted octanol–water partition coefficient (Wildman–Crippen LogP) is 2.49. The quantitative estimate of drug-likeness (QED) is 0.564. The molecule has 0 aliphatic rings. The topological polar surface area (TPSA) is 87.6 Å². The first-order valence-electron chi connectivity index (χ1n) is 7.94. The van der Waals surface area contributed by atoms with Gasteiger partial charge in [-0.05, 0) is 24.3 Å². The van der Waals surface area contributed by atoms with Crippen molar-refractivity contribution in [2.75, 3.05) is 35.5 Å². The van der Waals surface area contributed by atoms with E-state index in [0.29, 0.717) is 39.9 Å². The average molecular weight is 374 g/mol. The van der Waals surface area contributed by atoms with Gasteiger partial charge in [0.25, 0.3) is 5.91 Å². The van der Waals surface area contributed by atoms with Crippen LogP contribution >= 0.6 is 0 Å². The van der Waals surface area contributed by atoms with Crippen LogP contribution in [0.2, 0.25) is 0 Å². The van der Waals surface area contributed by atoms with E-state index in [1.807, 2.05) is 0 Å². The van der Waals surface area contributed by atoms with E-state index in [0.717, 1.165) is 0 Å². The van der Waals surface area contributed by atoms with Crippen molar-refractivity contribution in [2.24, 2.45) is 5.10 Å². The summed E-state index contributed by atoms with van der Waals surface area (Å²) < 4.78 is 26.3.